The Labute approximate surface area is 133 Å². The molecular weight excluding hydrogens is 305 g/mol. The van der Waals surface area contributed by atoms with Crippen molar-refractivity contribution < 1.29 is 18.0 Å². The molecule has 0 unspecified atom stereocenters. The van der Waals surface area contributed by atoms with E-state index < -0.39 is 12.1 Å². The van der Waals surface area contributed by atoms with E-state index in [9.17, 15) is 18.0 Å². The van der Waals surface area contributed by atoms with Gasteiger partial charge in [-0.3, -0.25) is 9.69 Å². The molecule has 1 aromatic carbocycles. The van der Waals surface area contributed by atoms with E-state index >= 15 is 0 Å². The second-order valence-corrected chi connectivity index (χ2v) is 6.54. The highest BCUT2D eigenvalue weighted by Gasteiger charge is 2.43. The van der Waals surface area contributed by atoms with Crippen molar-refractivity contribution in [1.29, 1.82) is 0 Å². The van der Waals surface area contributed by atoms with Crippen LogP contribution in [0.1, 0.15) is 37.7 Å². The summed E-state index contributed by atoms with van der Waals surface area (Å²) in [5.41, 5.74) is 1.22. The molecule has 1 N–H and O–H groups in total. The molecule has 0 spiro atoms. The molecule has 3 nitrogen and oxygen atoms in total. The molecule has 0 saturated carbocycles. The van der Waals surface area contributed by atoms with Crippen LogP contribution in [0.5, 0.6) is 0 Å². The number of piperidine rings is 2. The topological polar surface area (TPSA) is 32.3 Å². The number of nitrogens with one attached hydrogen (secondary N) is 1. The van der Waals surface area contributed by atoms with Crippen molar-refractivity contribution >= 4 is 5.91 Å². The quantitative estimate of drug-likeness (QED) is 0.925. The van der Waals surface area contributed by atoms with Crippen LogP contribution in [-0.2, 0) is 11.3 Å². The lowest BCUT2D eigenvalue weighted by atomic mass is 9.81. The third-order valence-corrected chi connectivity index (χ3v) is 4.93. The largest absolute Gasteiger partial charge is 0.471 e. The van der Waals surface area contributed by atoms with Gasteiger partial charge in [-0.15, -0.1) is 0 Å². The summed E-state index contributed by atoms with van der Waals surface area (Å²) in [5.74, 6) is -1.81. The molecule has 1 aromatic rings. The minimum absolute atomic E-state index is 0.251. The van der Waals surface area contributed by atoms with Crippen LogP contribution >= 0.6 is 0 Å². The first-order valence-corrected chi connectivity index (χ1v) is 8.11. The summed E-state index contributed by atoms with van der Waals surface area (Å²) in [7, 11) is 0. The van der Waals surface area contributed by atoms with Crippen molar-refractivity contribution in [2.45, 2.75) is 63.0 Å². The molecule has 0 aromatic heterocycles. The Bertz CT molecular complexity index is 533. The molecule has 2 aliphatic rings. The summed E-state index contributed by atoms with van der Waals surface area (Å²) in [5, 5.41) is 2.18. The van der Waals surface area contributed by atoms with Gasteiger partial charge in [0, 0.05) is 24.7 Å². The van der Waals surface area contributed by atoms with E-state index in [1.165, 1.54) is 5.56 Å². The summed E-state index contributed by atoms with van der Waals surface area (Å²) in [6, 6.07) is 10.3. The lowest BCUT2D eigenvalue weighted by molar-refractivity contribution is -0.175. The normalized spacial score (nSPS) is 28.4. The number of hydrogen-bond acceptors (Lipinski definition) is 2. The molecule has 2 fully saturated rings. The molecule has 126 valence electrons. The highest BCUT2D eigenvalue weighted by molar-refractivity contribution is 5.81. The molecule has 1 amide bonds. The SMILES string of the molecule is O=C(N[C@H]1C[C@H]2CCC[C@@H](C1)N2Cc1ccccc1)C(F)(F)F. The lowest BCUT2D eigenvalue weighted by Crippen LogP contribution is -2.57. The Morgan fingerprint density at radius 3 is 2.30 bits per heavy atom. The molecule has 2 saturated heterocycles. The van der Waals surface area contributed by atoms with Gasteiger partial charge in [0.1, 0.15) is 0 Å². The monoisotopic (exact) mass is 326 g/mol. The molecule has 0 aliphatic carbocycles. The molecule has 6 heteroatoms. The minimum atomic E-state index is -4.80. The average Bonchev–Trinajstić information content (AvgIpc) is 2.48. The maximum absolute atomic E-state index is 12.4. The van der Waals surface area contributed by atoms with Crippen molar-refractivity contribution in [1.82, 2.24) is 10.2 Å². The Hall–Kier alpha value is -1.56. The first-order valence-electron chi connectivity index (χ1n) is 8.11. The van der Waals surface area contributed by atoms with Gasteiger partial charge in [0.25, 0.3) is 0 Å². The highest BCUT2D eigenvalue weighted by atomic mass is 19.4. The minimum Gasteiger partial charge on any atom is -0.345 e. The average molecular weight is 326 g/mol. The summed E-state index contributed by atoms with van der Waals surface area (Å²) in [6.07, 6.45) is -0.503. The Morgan fingerprint density at radius 1 is 1.13 bits per heavy atom. The van der Waals surface area contributed by atoms with Crippen LogP contribution in [-0.4, -0.2) is 35.1 Å². The van der Waals surface area contributed by atoms with Gasteiger partial charge in [-0.05, 0) is 31.2 Å². The fraction of sp³-hybridized carbons (Fsp3) is 0.588. The zero-order valence-electron chi connectivity index (χ0n) is 12.9. The first-order chi connectivity index (χ1) is 10.9. The molecule has 2 aliphatic heterocycles. The van der Waals surface area contributed by atoms with E-state index in [1.807, 2.05) is 18.2 Å². The van der Waals surface area contributed by atoms with Gasteiger partial charge in [-0.2, -0.15) is 13.2 Å². The van der Waals surface area contributed by atoms with Crippen LogP contribution in [0.15, 0.2) is 30.3 Å². The van der Waals surface area contributed by atoms with Gasteiger partial charge < -0.3 is 5.32 Å². The number of carbonyl (C=O) groups excluding carboxylic acids is 1. The number of amides is 1. The molecule has 2 bridgehead atoms. The molecular formula is C17H21F3N2O. The third-order valence-electron chi connectivity index (χ3n) is 4.93. The molecule has 3 atom stereocenters. The summed E-state index contributed by atoms with van der Waals surface area (Å²) < 4.78 is 37.3. The van der Waals surface area contributed by atoms with E-state index in [-0.39, 0.29) is 18.1 Å². The predicted molar refractivity (Wildman–Crippen MR) is 80.6 cm³/mol. The second kappa shape index (κ2) is 6.51. The fourth-order valence-corrected chi connectivity index (χ4v) is 3.92. The zero-order valence-corrected chi connectivity index (χ0v) is 12.9. The Balaban J connectivity index is 1.65. The van der Waals surface area contributed by atoms with E-state index in [0.717, 1.165) is 25.8 Å². The summed E-state index contributed by atoms with van der Waals surface area (Å²) in [6.45, 7) is 0.829. The highest BCUT2D eigenvalue weighted by Crippen LogP contribution is 2.35. The number of nitrogens with zero attached hydrogens (tertiary/aromatic N) is 1. The molecule has 0 radical (unpaired) electrons. The van der Waals surface area contributed by atoms with Crippen LogP contribution in [0.3, 0.4) is 0 Å². The number of hydrogen-bond donors (Lipinski definition) is 1. The van der Waals surface area contributed by atoms with E-state index in [2.05, 4.69) is 22.3 Å². The number of benzene rings is 1. The van der Waals surface area contributed by atoms with Crippen LogP contribution in [0.4, 0.5) is 13.2 Å². The zero-order chi connectivity index (χ0) is 16.4. The van der Waals surface area contributed by atoms with Crippen molar-refractivity contribution in [3.8, 4) is 0 Å². The van der Waals surface area contributed by atoms with E-state index in [4.69, 9.17) is 0 Å². The predicted octanol–water partition coefficient (Wildman–Crippen LogP) is 3.25. The Kier molecular flexibility index (Phi) is 4.62. The van der Waals surface area contributed by atoms with Gasteiger partial charge in [0.15, 0.2) is 0 Å². The fourth-order valence-electron chi connectivity index (χ4n) is 3.92. The van der Waals surface area contributed by atoms with E-state index in [0.29, 0.717) is 12.8 Å². The number of carbonyl (C=O) groups is 1. The van der Waals surface area contributed by atoms with Gasteiger partial charge in [-0.1, -0.05) is 36.8 Å². The molecule has 3 rings (SSSR count). The molecule has 2 heterocycles. The molecule has 23 heavy (non-hydrogen) atoms. The standard InChI is InChI=1S/C17H21F3N2O/c18-17(19,20)16(23)21-13-9-14-7-4-8-15(10-13)22(14)11-12-5-2-1-3-6-12/h1-3,5-6,13-15H,4,7-11H2,(H,21,23)/t13-,14+,15-. The van der Waals surface area contributed by atoms with Crippen molar-refractivity contribution in [2.75, 3.05) is 0 Å². The number of rotatable bonds is 3. The van der Waals surface area contributed by atoms with Crippen molar-refractivity contribution in [3.63, 3.8) is 0 Å². The summed E-state index contributed by atoms with van der Waals surface area (Å²) >= 11 is 0. The summed E-state index contributed by atoms with van der Waals surface area (Å²) in [4.78, 5) is 13.6. The van der Waals surface area contributed by atoms with Crippen LogP contribution in [0.25, 0.3) is 0 Å². The lowest BCUT2D eigenvalue weighted by Gasteiger charge is -2.49. The van der Waals surface area contributed by atoms with Crippen molar-refractivity contribution in [3.05, 3.63) is 35.9 Å². The van der Waals surface area contributed by atoms with Gasteiger partial charge >= 0.3 is 12.1 Å². The third kappa shape index (κ3) is 3.86. The van der Waals surface area contributed by atoms with Gasteiger partial charge in [0.2, 0.25) is 0 Å². The van der Waals surface area contributed by atoms with E-state index in [1.54, 1.807) is 0 Å². The number of halogens is 3. The maximum Gasteiger partial charge on any atom is 0.471 e. The van der Waals surface area contributed by atoms with Crippen LogP contribution in [0.2, 0.25) is 0 Å². The van der Waals surface area contributed by atoms with Gasteiger partial charge in [0.05, 0.1) is 0 Å². The number of alkyl halides is 3. The van der Waals surface area contributed by atoms with Crippen molar-refractivity contribution in [2.24, 2.45) is 0 Å². The Morgan fingerprint density at radius 2 is 1.74 bits per heavy atom. The van der Waals surface area contributed by atoms with Gasteiger partial charge in [-0.25, -0.2) is 0 Å². The number of fused-ring (bicyclic) bond motifs is 2. The maximum atomic E-state index is 12.4. The smallest absolute Gasteiger partial charge is 0.345 e. The second-order valence-electron chi connectivity index (χ2n) is 6.54. The van der Waals surface area contributed by atoms with Crippen LogP contribution in [0, 0.1) is 0 Å². The first kappa shape index (κ1) is 16.3. The van der Waals surface area contributed by atoms with Crippen LogP contribution < -0.4 is 5.32 Å².